The van der Waals surface area contributed by atoms with E-state index < -0.39 is 0 Å². The molecule has 0 radical (unpaired) electrons. The van der Waals surface area contributed by atoms with E-state index in [0.717, 1.165) is 19.4 Å². The first-order valence-corrected chi connectivity index (χ1v) is 6.29. The van der Waals surface area contributed by atoms with Crippen LogP contribution < -0.4 is 0 Å². The summed E-state index contributed by atoms with van der Waals surface area (Å²) in [5.41, 5.74) is 0.371. The molecule has 102 valence electrons. The molecule has 0 aliphatic rings. The summed E-state index contributed by atoms with van der Waals surface area (Å²) in [6.07, 6.45) is 5.55. The summed E-state index contributed by atoms with van der Waals surface area (Å²) >= 11 is 0. The van der Waals surface area contributed by atoms with Crippen LogP contribution in [0, 0.1) is 5.82 Å². The van der Waals surface area contributed by atoms with Gasteiger partial charge in [0.15, 0.2) is 0 Å². The van der Waals surface area contributed by atoms with Crippen LogP contribution in [0.25, 0.3) is 0 Å². The average molecular weight is 264 g/mol. The van der Waals surface area contributed by atoms with Crippen molar-refractivity contribution in [3.63, 3.8) is 0 Å². The van der Waals surface area contributed by atoms with Crippen molar-refractivity contribution < 1.29 is 14.6 Å². The van der Waals surface area contributed by atoms with Crippen molar-refractivity contribution >= 4 is 0 Å². The largest absolute Gasteiger partial charge is 0.508 e. The van der Waals surface area contributed by atoms with Crippen molar-refractivity contribution in [3.05, 3.63) is 47.8 Å². The zero-order valence-corrected chi connectivity index (χ0v) is 10.6. The maximum Gasteiger partial charge on any atom is 0.134 e. The molecule has 0 amide bonds. The minimum absolute atomic E-state index is 0.0127. The van der Waals surface area contributed by atoms with E-state index in [1.165, 1.54) is 18.2 Å². The molecule has 1 heterocycles. The highest BCUT2D eigenvalue weighted by molar-refractivity contribution is 5.33. The van der Waals surface area contributed by atoms with Crippen LogP contribution in [-0.2, 0) is 19.6 Å². The van der Waals surface area contributed by atoms with Crippen LogP contribution in [0.15, 0.2) is 30.6 Å². The van der Waals surface area contributed by atoms with E-state index in [1.807, 2.05) is 10.8 Å². The lowest BCUT2D eigenvalue weighted by Crippen LogP contribution is -2.03. The molecule has 2 aromatic rings. The van der Waals surface area contributed by atoms with Gasteiger partial charge in [-0.2, -0.15) is 0 Å². The Labute approximate surface area is 111 Å². The zero-order chi connectivity index (χ0) is 13.7. The van der Waals surface area contributed by atoms with E-state index in [-0.39, 0.29) is 18.2 Å². The Kier molecular flexibility index (Phi) is 4.52. The number of aryl methyl sites for hydroxylation is 1. The molecule has 19 heavy (non-hydrogen) atoms. The van der Waals surface area contributed by atoms with Gasteiger partial charge < -0.3 is 14.8 Å². The van der Waals surface area contributed by atoms with Crippen LogP contribution in [0.2, 0.25) is 0 Å². The van der Waals surface area contributed by atoms with E-state index in [1.54, 1.807) is 6.20 Å². The highest BCUT2D eigenvalue weighted by Gasteiger charge is 2.07. The van der Waals surface area contributed by atoms with Crippen LogP contribution in [0.3, 0.4) is 0 Å². The molecule has 0 saturated carbocycles. The molecule has 0 aliphatic heterocycles. The van der Waals surface area contributed by atoms with Crippen LogP contribution >= 0.6 is 0 Å². The number of halogens is 1. The fourth-order valence-electron chi connectivity index (χ4n) is 2.07. The van der Waals surface area contributed by atoms with Crippen molar-refractivity contribution in [3.8, 4) is 5.75 Å². The number of hydrogen-bond donors (Lipinski definition) is 2. The number of aromatic nitrogens is 2. The van der Waals surface area contributed by atoms with E-state index in [2.05, 4.69) is 4.98 Å². The van der Waals surface area contributed by atoms with Gasteiger partial charge in [0.05, 0.1) is 0 Å². The van der Waals surface area contributed by atoms with Crippen LogP contribution in [0.5, 0.6) is 5.75 Å². The summed E-state index contributed by atoms with van der Waals surface area (Å²) in [4.78, 5) is 4.01. The molecule has 1 aromatic heterocycles. The van der Waals surface area contributed by atoms with E-state index in [0.29, 0.717) is 17.8 Å². The Bertz CT molecular complexity index is 520. The van der Waals surface area contributed by atoms with E-state index in [9.17, 15) is 9.50 Å². The minimum Gasteiger partial charge on any atom is -0.508 e. The number of aliphatic hydroxyl groups is 1. The number of hydrogen-bond acceptors (Lipinski definition) is 3. The monoisotopic (exact) mass is 264 g/mol. The van der Waals surface area contributed by atoms with Gasteiger partial charge in [-0.05, 0) is 31.4 Å². The number of unbranched alkanes of at least 4 members (excludes halogenated alkanes) is 1. The molecular formula is C14H17FN2O2. The molecule has 4 nitrogen and oxygen atoms in total. The van der Waals surface area contributed by atoms with E-state index in [4.69, 9.17) is 5.11 Å². The Morgan fingerprint density at radius 1 is 1.26 bits per heavy atom. The Balaban J connectivity index is 1.84. The Hall–Kier alpha value is -1.88. The van der Waals surface area contributed by atoms with Crippen molar-refractivity contribution in [1.82, 2.24) is 9.55 Å². The van der Waals surface area contributed by atoms with Gasteiger partial charge in [-0.25, -0.2) is 9.37 Å². The van der Waals surface area contributed by atoms with Crippen LogP contribution in [0.4, 0.5) is 4.39 Å². The lowest BCUT2D eigenvalue weighted by Gasteiger charge is -2.07. The SMILES string of the molecule is OCc1nccn1CCCCc1c(O)cccc1F. The fourth-order valence-corrected chi connectivity index (χ4v) is 2.07. The molecular weight excluding hydrogens is 247 g/mol. The number of nitrogens with zero attached hydrogens (tertiary/aromatic N) is 2. The van der Waals surface area contributed by atoms with E-state index >= 15 is 0 Å². The summed E-state index contributed by atoms with van der Waals surface area (Å²) < 4.78 is 15.3. The predicted molar refractivity (Wildman–Crippen MR) is 69.2 cm³/mol. The number of phenols is 1. The average Bonchev–Trinajstić information content (AvgIpc) is 2.84. The molecule has 0 atom stereocenters. The number of aromatic hydroxyl groups is 1. The summed E-state index contributed by atoms with van der Waals surface area (Å²) in [6, 6.07) is 4.35. The third-order valence-corrected chi connectivity index (χ3v) is 3.11. The first kappa shape index (κ1) is 13.5. The molecule has 1 aromatic carbocycles. The molecule has 0 bridgehead atoms. The lowest BCUT2D eigenvalue weighted by molar-refractivity contribution is 0.264. The van der Waals surface area contributed by atoms with Gasteiger partial charge in [-0.1, -0.05) is 6.07 Å². The van der Waals surface area contributed by atoms with Crippen LogP contribution in [0.1, 0.15) is 24.2 Å². The summed E-state index contributed by atoms with van der Waals surface area (Å²) in [5, 5.41) is 18.6. The van der Waals surface area contributed by atoms with Gasteiger partial charge in [-0.15, -0.1) is 0 Å². The zero-order valence-electron chi connectivity index (χ0n) is 10.6. The number of imidazole rings is 1. The number of phenolic OH excluding ortho intramolecular Hbond substituents is 1. The number of benzene rings is 1. The van der Waals surface area contributed by atoms with Gasteiger partial charge in [-0.3, -0.25) is 0 Å². The lowest BCUT2D eigenvalue weighted by atomic mass is 10.1. The molecule has 0 saturated heterocycles. The van der Waals surface area contributed by atoms with Gasteiger partial charge in [0.1, 0.15) is 24.0 Å². The topological polar surface area (TPSA) is 58.3 Å². The molecule has 0 spiro atoms. The second kappa shape index (κ2) is 6.33. The second-order valence-electron chi connectivity index (χ2n) is 4.39. The fraction of sp³-hybridized carbons (Fsp3) is 0.357. The quantitative estimate of drug-likeness (QED) is 0.787. The highest BCUT2D eigenvalue weighted by Crippen LogP contribution is 2.21. The van der Waals surface area contributed by atoms with Crippen molar-refractivity contribution in [2.45, 2.75) is 32.4 Å². The molecule has 0 aliphatic carbocycles. The summed E-state index contributed by atoms with van der Waals surface area (Å²) in [5.74, 6) is 0.283. The van der Waals surface area contributed by atoms with Crippen molar-refractivity contribution in [2.75, 3.05) is 0 Å². The molecule has 5 heteroatoms. The summed E-state index contributed by atoms with van der Waals surface area (Å²) in [6.45, 7) is 0.645. The number of rotatable bonds is 6. The third kappa shape index (κ3) is 3.32. The molecule has 2 rings (SSSR count). The number of aliphatic hydroxyl groups excluding tert-OH is 1. The minimum atomic E-state index is -0.362. The Morgan fingerprint density at radius 3 is 2.84 bits per heavy atom. The van der Waals surface area contributed by atoms with Crippen molar-refractivity contribution in [2.24, 2.45) is 0 Å². The first-order valence-electron chi connectivity index (χ1n) is 6.29. The van der Waals surface area contributed by atoms with Crippen LogP contribution in [-0.4, -0.2) is 19.8 Å². The predicted octanol–water partition coefficient (Wildman–Crippen LogP) is 2.24. The molecule has 2 N–H and O–H groups in total. The normalized spacial score (nSPS) is 10.8. The highest BCUT2D eigenvalue weighted by atomic mass is 19.1. The smallest absolute Gasteiger partial charge is 0.134 e. The first-order chi connectivity index (χ1) is 9.22. The molecule has 0 fully saturated rings. The Morgan fingerprint density at radius 2 is 2.11 bits per heavy atom. The van der Waals surface area contributed by atoms with Crippen molar-refractivity contribution in [1.29, 1.82) is 0 Å². The molecule has 0 unspecified atom stereocenters. The maximum absolute atomic E-state index is 13.5. The maximum atomic E-state index is 13.5. The van der Waals surface area contributed by atoms with Gasteiger partial charge in [0.25, 0.3) is 0 Å². The van der Waals surface area contributed by atoms with Gasteiger partial charge >= 0.3 is 0 Å². The third-order valence-electron chi connectivity index (χ3n) is 3.11. The van der Waals surface area contributed by atoms with Gasteiger partial charge in [0.2, 0.25) is 0 Å². The second-order valence-corrected chi connectivity index (χ2v) is 4.39. The summed E-state index contributed by atoms with van der Waals surface area (Å²) in [7, 11) is 0. The standard InChI is InChI=1S/C14H17FN2O2/c15-12-5-3-6-13(19)11(12)4-1-2-8-17-9-7-16-14(17)10-18/h3,5-7,9,18-19H,1-2,4,8,10H2. The van der Waals surface area contributed by atoms with Gasteiger partial charge in [0, 0.05) is 24.5 Å².